The molecular weight excluding hydrogens is 532 g/mol. The number of piperidine rings is 1. The Morgan fingerprint density at radius 3 is 2.48 bits per heavy atom. The lowest BCUT2D eigenvalue weighted by Crippen LogP contribution is -2.51. The first-order chi connectivity index (χ1) is 19.0. The molecule has 2 aromatic heterocycles. The molecule has 1 saturated heterocycles. The summed E-state index contributed by atoms with van der Waals surface area (Å²) in [6.07, 6.45) is -2.76. The van der Waals surface area contributed by atoms with Gasteiger partial charge in [-0.05, 0) is 36.2 Å². The lowest BCUT2D eigenvalue weighted by molar-refractivity contribution is -0.141. The maximum absolute atomic E-state index is 13.7. The molecule has 2 aromatic carbocycles. The molecule has 4 aromatic rings. The van der Waals surface area contributed by atoms with Gasteiger partial charge in [0.1, 0.15) is 22.8 Å². The van der Waals surface area contributed by atoms with Crippen molar-refractivity contribution < 1.29 is 31.9 Å². The van der Waals surface area contributed by atoms with Crippen molar-refractivity contribution >= 4 is 22.8 Å². The lowest BCUT2D eigenvalue weighted by atomic mass is 9.85. The summed E-state index contributed by atoms with van der Waals surface area (Å²) in [6, 6.07) is 9.23. The van der Waals surface area contributed by atoms with Crippen LogP contribution in [0.25, 0.3) is 11.0 Å². The van der Waals surface area contributed by atoms with Gasteiger partial charge in [0.05, 0.1) is 19.0 Å². The first kappa shape index (κ1) is 27.2. The number of carbonyl (C=O) groups excluding carboxylic acids is 2. The number of amides is 2. The van der Waals surface area contributed by atoms with Crippen molar-refractivity contribution in [3.05, 3.63) is 77.1 Å². The van der Waals surface area contributed by atoms with Crippen molar-refractivity contribution in [1.29, 1.82) is 0 Å². The number of fused-ring (bicyclic) bond motifs is 1. The van der Waals surface area contributed by atoms with Crippen LogP contribution in [0.1, 0.15) is 44.4 Å². The van der Waals surface area contributed by atoms with Crippen molar-refractivity contribution in [1.82, 2.24) is 29.5 Å². The number of carbonyl (C=O) groups is 2. The van der Waals surface area contributed by atoms with Gasteiger partial charge < -0.3 is 19.5 Å². The fourth-order valence-corrected chi connectivity index (χ4v) is 5.08. The van der Waals surface area contributed by atoms with E-state index in [9.17, 15) is 27.2 Å². The van der Waals surface area contributed by atoms with Gasteiger partial charge >= 0.3 is 6.18 Å². The van der Waals surface area contributed by atoms with Gasteiger partial charge in [0.15, 0.2) is 5.69 Å². The van der Waals surface area contributed by atoms with E-state index in [1.807, 2.05) is 7.05 Å². The number of alkyl halides is 3. The number of aromatic nitrogens is 4. The average Bonchev–Trinajstić information content (AvgIpc) is 3.51. The molecular formula is C27H26F4N6O3. The van der Waals surface area contributed by atoms with Crippen LogP contribution in [0.5, 0.6) is 5.75 Å². The van der Waals surface area contributed by atoms with Crippen molar-refractivity contribution in [3.63, 3.8) is 0 Å². The zero-order valence-electron chi connectivity index (χ0n) is 21.9. The molecule has 1 N–H and O–H groups in total. The van der Waals surface area contributed by atoms with Gasteiger partial charge in [0.2, 0.25) is 0 Å². The van der Waals surface area contributed by atoms with Crippen LogP contribution in [0.15, 0.2) is 48.8 Å². The van der Waals surface area contributed by atoms with Crippen LogP contribution in [-0.2, 0) is 20.3 Å². The van der Waals surface area contributed by atoms with Crippen LogP contribution in [0.2, 0.25) is 0 Å². The van der Waals surface area contributed by atoms with Crippen LogP contribution < -0.4 is 10.1 Å². The Balaban J connectivity index is 1.42. The highest BCUT2D eigenvalue weighted by Gasteiger charge is 2.37. The lowest BCUT2D eigenvalue weighted by Gasteiger charge is -2.39. The first-order valence-electron chi connectivity index (χ1n) is 12.4. The Labute approximate surface area is 226 Å². The van der Waals surface area contributed by atoms with Crippen molar-refractivity contribution in [2.45, 2.75) is 24.6 Å². The summed E-state index contributed by atoms with van der Waals surface area (Å²) in [5.74, 6) is -1.44. The number of hydrogen-bond acceptors (Lipinski definition) is 5. The molecule has 1 aliphatic rings. The van der Waals surface area contributed by atoms with Crippen LogP contribution in [0.4, 0.5) is 17.6 Å². The maximum atomic E-state index is 13.7. The number of likely N-dealkylation sites (tertiary alicyclic amines) is 1. The second-order valence-corrected chi connectivity index (χ2v) is 9.72. The topological polar surface area (TPSA) is 94.3 Å². The Bertz CT molecular complexity index is 1580. The molecule has 3 heterocycles. The molecule has 210 valence electrons. The number of hydrogen-bond donors (Lipinski definition) is 1. The number of imidazole rings is 1. The first-order valence-corrected chi connectivity index (χ1v) is 12.4. The predicted molar refractivity (Wildman–Crippen MR) is 136 cm³/mol. The van der Waals surface area contributed by atoms with E-state index < -0.39 is 35.6 Å². The minimum absolute atomic E-state index is 0.181. The fraction of sp³-hybridized carbons (Fsp3) is 0.333. The van der Waals surface area contributed by atoms with Gasteiger partial charge in [0, 0.05) is 50.8 Å². The van der Waals surface area contributed by atoms with Gasteiger partial charge in [-0.1, -0.05) is 12.1 Å². The zero-order chi connectivity index (χ0) is 28.8. The molecule has 5 rings (SSSR count). The Morgan fingerprint density at radius 2 is 1.82 bits per heavy atom. The molecule has 2 atom stereocenters. The molecule has 0 spiro atoms. The summed E-state index contributed by atoms with van der Waals surface area (Å²) >= 11 is 0. The summed E-state index contributed by atoms with van der Waals surface area (Å²) < 4.78 is 61.2. The zero-order valence-corrected chi connectivity index (χ0v) is 21.9. The number of methoxy groups -OCH3 is 1. The molecule has 9 nitrogen and oxygen atoms in total. The third kappa shape index (κ3) is 5.10. The normalized spacial score (nSPS) is 17.7. The average molecular weight is 559 g/mol. The van der Waals surface area contributed by atoms with Crippen LogP contribution in [0.3, 0.4) is 0 Å². The van der Waals surface area contributed by atoms with E-state index >= 15 is 0 Å². The molecule has 40 heavy (non-hydrogen) atoms. The summed E-state index contributed by atoms with van der Waals surface area (Å²) in [4.78, 5) is 32.6. The molecule has 1 aliphatic heterocycles. The highest BCUT2D eigenvalue weighted by Crippen LogP contribution is 2.32. The minimum Gasteiger partial charge on any atom is -0.494 e. The molecule has 2 amide bonds. The number of nitrogens with one attached hydrogen (secondary N) is 1. The molecule has 0 bridgehead atoms. The second kappa shape index (κ2) is 10.3. The fourth-order valence-electron chi connectivity index (χ4n) is 5.08. The summed E-state index contributed by atoms with van der Waals surface area (Å²) in [7, 11) is 4.56. The van der Waals surface area contributed by atoms with Crippen LogP contribution in [-0.4, -0.2) is 62.3 Å². The second-order valence-electron chi connectivity index (χ2n) is 9.72. The number of benzene rings is 2. The molecule has 0 unspecified atom stereocenters. The van der Waals surface area contributed by atoms with Crippen molar-refractivity contribution in [3.8, 4) is 5.75 Å². The third-order valence-electron chi connectivity index (χ3n) is 7.18. The molecule has 0 saturated carbocycles. The summed E-state index contributed by atoms with van der Waals surface area (Å²) in [5, 5.41) is 6.23. The largest absolute Gasteiger partial charge is 0.494 e. The van der Waals surface area contributed by atoms with E-state index in [2.05, 4.69) is 15.4 Å². The summed E-state index contributed by atoms with van der Waals surface area (Å²) in [5.41, 5.74) is 0.981. The van der Waals surface area contributed by atoms with E-state index in [4.69, 9.17) is 4.74 Å². The number of rotatable bonds is 5. The Morgan fingerprint density at radius 1 is 1.10 bits per heavy atom. The number of nitrogens with zero attached hydrogens (tertiary/aromatic N) is 5. The minimum atomic E-state index is -4.69. The number of aryl methyl sites for hydroxylation is 2. The summed E-state index contributed by atoms with van der Waals surface area (Å²) in [6.45, 7) is 0.451. The highest BCUT2D eigenvalue weighted by molar-refractivity contribution is 5.99. The van der Waals surface area contributed by atoms with Crippen molar-refractivity contribution in [2.24, 2.45) is 14.1 Å². The molecule has 1 fully saturated rings. The van der Waals surface area contributed by atoms with Crippen molar-refractivity contribution in [2.75, 3.05) is 20.2 Å². The quantitative estimate of drug-likeness (QED) is 0.375. The van der Waals surface area contributed by atoms with E-state index in [1.165, 1.54) is 26.3 Å². The van der Waals surface area contributed by atoms with Gasteiger partial charge in [0.25, 0.3) is 11.8 Å². The van der Waals surface area contributed by atoms with E-state index in [1.54, 1.807) is 40.1 Å². The molecule has 13 heteroatoms. The van der Waals surface area contributed by atoms with Crippen LogP contribution >= 0.6 is 0 Å². The van der Waals surface area contributed by atoms with E-state index in [-0.39, 0.29) is 24.7 Å². The standard InChI is InChI=1S/C27H26F4N6O3/c1-35-14-32-24-20(35)10-16(11-22(24)40-3)26(39)37-9-8-19(18(13-37)15-4-6-17(28)7-5-15)33-25(38)21-12-23(27(29,30)31)34-36(21)2/h4-7,10-12,14,18-19H,8-9,13H2,1-3H3,(H,33,38)/t18-,19-/m1/s1. The Kier molecular flexibility index (Phi) is 6.98. The molecule has 0 radical (unpaired) electrons. The molecule has 0 aliphatic carbocycles. The smallest absolute Gasteiger partial charge is 0.435 e. The maximum Gasteiger partial charge on any atom is 0.435 e. The van der Waals surface area contributed by atoms with Crippen LogP contribution in [0, 0.1) is 5.82 Å². The number of halogens is 4. The highest BCUT2D eigenvalue weighted by atomic mass is 19.4. The third-order valence-corrected chi connectivity index (χ3v) is 7.18. The van der Waals surface area contributed by atoms with Gasteiger partial charge in [-0.15, -0.1) is 0 Å². The van der Waals surface area contributed by atoms with Gasteiger partial charge in [-0.25, -0.2) is 9.37 Å². The van der Waals surface area contributed by atoms with Gasteiger partial charge in [-0.3, -0.25) is 14.3 Å². The predicted octanol–water partition coefficient (Wildman–Crippen LogP) is 3.90. The Hall–Kier alpha value is -4.42. The number of ether oxygens (including phenoxy) is 1. The van der Waals surface area contributed by atoms with E-state index in [0.29, 0.717) is 40.4 Å². The SMILES string of the molecule is COc1cc(C(=O)N2CC[C@@H](NC(=O)c3cc(C(F)(F)F)nn3C)[C@@H](c3ccc(F)cc3)C2)cc2c1ncn2C. The van der Waals surface area contributed by atoms with E-state index in [0.717, 1.165) is 4.68 Å². The monoisotopic (exact) mass is 558 g/mol. The van der Waals surface area contributed by atoms with Gasteiger partial charge in [-0.2, -0.15) is 18.3 Å².